The summed E-state index contributed by atoms with van der Waals surface area (Å²) in [5, 5.41) is 2.47. The molecule has 0 aromatic heterocycles. The average Bonchev–Trinajstić information content (AvgIpc) is 3.09. The molecular weight excluding hydrogens is 386 g/mol. The Kier molecular flexibility index (Phi) is 8.24. The summed E-state index contributed by atoms with van der Waals surface area (Å²) in [5.41, 5.74) is -0.565. The molecule has 2 aliphatic rings. The molecule has 1 N–H and O–H groups in total. The van der Waals surface area contributed by atoms with Crippen molar-refractivity contribution in [3.8, 4) is 0 Å². The Morgan fingerprint density at radius 2 is 1.41 bits per heavy atom. The monoisotopic (exact) mass is 409 g/mol. The van der Waals surface area contributed by atoms with Crippen LogP contribution in [0.2, 0.25) is 0 Å². The van der Waals surface area contributed by atoms with Crippen LogP contribution in [0.15, 0.2) is 24.3 Å². The Balaban J connectivity index is 0.000000308. The van der Waals surface area contributed by atoms with Crippen LogP contribution in [0.5, 0.6) is 0 Å². The lowest BCUT2D eigenvalue weighted by molar-refractivity contribution is -0.137. The number of rotatable bonds is 4. The van der Waals surface area contributed by atoms with E-state index in [9.17, 15) is 28.8 Å². The van der Waals surface area contributed by atoms with Gasteiger partial charge in [0.15, 0.2) is 0 Å². The molecule has 0 saturated carbocycles. The van der Waals surface area contributed by atoms with Crippen LogP contribution in [0.4, 0.5) is 9.59 Å². The van der Waals surface area contributed by atoms with Gasteiger partial charge in [-0.3, -0.25) is 24.1 Å². The van der Waals surface area contributed by atoms with Gasteiger partial charge in [-0.05, 0) is 27.7 Å². The van der Waals surface area contributed by atoms with E-state index in [1.54, 1.807) is 27.7 Å². The van der Waals surface area contributed by atoms with Gasteiger partial charge in [0.25, 0.3) is 23.6 Å². The van der Waals surface area contributed by atoms with Crippen LogP contribution in [0.25, 0.3) is 0 Å². The van der Waals surface area contributed by atoms with Crippen molar-refractivity contribution in [1.82, 2.24) is 15.1 Å². The van der Waals surface area contributed by atoms with Crippen molar-refractivity contribution in [2.24, 2.45) is 0 Å². The number of hydrogen-bond donors (Lipinski definition) is 1. The Hall–Kier alpha value is -3.50. The van der Waals surface area contributed by atoms with Crippen LogP contribution < -0.4 is 5.32 Å². The number of imide groups is 4. The van der Waals surface area contributed by atoms with Crippen molar-refractivity contribution < 1.29 is 38.2 Å². The number of nitrogens with one attached hydrogen (secondary N) is 1. The van der Waals surface area contributed by atoms with E-state index in [2.05, 4.69) is 10.1 Å². The molecule has 0 fully saturated rings. The van der Waals surface area contributed by atoms with Crippen molar-refractivity contribution in [3.05, 3.63) is 24.3 Å². The van der Waals surface area contributed by atoms with Gasteiger partial charge in [0.2, 0.25) is 0 Å². The van der Waals surface area contributed by atoms with Crippen LogP contribution in [0.3, 0.4) is 0 Å². The fourth-order valence-electron chi connectivity index (χ4n) is 2.00. The SMILES string of the molecule is CC(C)(C)OC(=O)NCCN1C(=O)C=CC1=O.CCOC(=O)N1C(=O)C=CC1=O. The highest BCUT2D eigenvalue weighted by Crippen LogP contribution is 2.07. The van der Waals surface area contributed by atoms with Gasteiger partial charge in [0, 0.05) is 37.4 Å². The predicted molar refractivity (Wildman–Crippen MR) is 98.1 cm³/mol. The molecule has 0 spiro atoms. The maximum absolute atomic E-state index is 11.3. The number of carbonyl (C=O) groups is 6. The first-order chi connectivity index (χ1) is 13.5. The fraction of sp³-hybridized carbons (Fsp3) is 0.444. The summed E-state index contributed by atoms with van der Waals surface area (Å²) >= 11 is 0. The second kappa shape index (κ2) is 10.2. The van der Waals surface area contributed by atoms with Gasteiger partial charge >= 0.3 is 12.2 Å². The third kappa shape index (κ3) is 7.56. The Morgan fingerprint density at radius 1 is 0.931 bits per heavy atom. The first kappa shape index (κ1) is 23.5. The molecule has 6 amide bonds. The topological polar surface area (TPSA) is 139 Å². The Labute approximate surface area is 167 Å². The summed E-state index contributed by atoms with van der Waals surface area (Å²) in [4.78, 5) is 67.6. The second-order valence-corrected chi connectivity index (χ2v) is 6.63. The van der Waals surface area contributed by atoms with Crippen molar-refractivity contribution >= 4 is 35.8 Å². The standard InChI is InChI=1S/C11H16N2O4.C7H7NO4/c1-11(2,3)17-10(16)12-6-7-13-8(14)4-5-9(13)15;1-2-12-7(11)8-5(9)3-4-6(8)10/h4-5H,6-7H2,1-3H3,(H,12,16);3-4H,2H2,1H3. The highest BCUT2D eigenvalue weighted by molar-refractivity contribution is 6.21. The molecule has 11 heteroatoms. The van der Waals surface area contributed by atoms with Crippen LogP contribution >= 0.6 is 0 Å². The van der Waals surface area contributed by atoms with Gasteiger partial charge in [-0.1, -0.05) is 0 Å². The van der Waals surface area contributed by atoms with Gasteiger partial charge in [0.1, 0.15) is 5.60 Å². The zero-order valence-corrected chi connectivity index (χ0v) is 16.6. The molecule has 0 saturated heterocycles. The first-order valence-corrected chi connectivity index (χ1v) is 8.69. The normalized spacial score (nSPS) is 15.4. The van der Waals surface area contributed by atoms with E-state index >= 15 is 0 Å². The molecule has 0 atom stereocenters. The quantitative estimate of drug-likeness (QED) is 0.662. The van der Waals surface area contributed by atoms with Gasteiger partial charge in [-0.2, -0.15) is 4.90 Å². The van der Waals surface area contributed by atoms with Gasteiger partial charge in [-0.15, -0.1) is 0 Å². The minimum Gasteiger partial charge on any atom is -0.449 e. The molecule has 0 aromatic rings. The molecule has 0 unspecified atom stereocenters. The molecule has 0 bridgehead atoms. The van der Waals surface area contributed by atoms with Crippen LogP contribution in [-0.2, 0) is 28.7 Å². The van der Waals surface area contributed by atoms with Crippen molar-refractivity contribution in [1.29, 1.82) is 0 Å². The van der Waals surface area contributed by atoms with Gasteiger partial charge in [0.05, 0.1) is 6.61 Å². The third-order valence-corrected chi connectivity index (χ3v) is 3.16. The molecule has 0 aliphatic carbocycles. The predicted octanol–water partition coefficient (Wildman–Crippen LogP) is 0.504. The van der Waals surface area contributed by atoms with E-state index in [1.165, 1.54) is 12.2 Å². The molecule has 0 radical (unpaired) electrons. The lowest BCUT2D eigenvalue weighted by Crippen LogP contribution is -2.40. The lowest BCUT2D eigenvalue weighted by atomic mass is 10.2. The average molecular weight is 409 g/mol. The lowest BCUT2D eigenvalue weighted by Gasteiger charge is -2.20. The van der Waals surface area contributed by atoms with E-state index in [0.717, 1.165) is 17.1 Å². The summed E-state index contributed by atoms with van der Waals surface area (Å²) in [6.45, 7) is 7.31. The zero-order valence-electron chi connectivity index (χ0n) is 16.6. The molecular formula is C18H23N3O8. The van der Waals surface area contributed by atoms with E-state index < -0.39 is 29.6 Å². The van der Waals surface area contributed by atoms with Crippen LogP contribution in [0.1, 0.15) is 27.7 Å². The minimum atomic E-state index is -0.919. The number of nitrogens with zero attached hydrogens (tertiary/aromatic N) is 2. The molecule has 0 aromatic carbocycles. The number of ether oxygens (including phenoxy) is 2. The summed E-state index contributed by atoms with van der Waals surface area (Å²) in [6.07, 6.45) is 2.98. The second-order valence-electron chi connectivity index (χ2n) is 6.63. The largest absolute Gasteiger partial charge is 0.449 e. The van der Waals surface area contributed by atoms with Crippen molar-refractivity contribution in [2.75, 3.05) is 19.7 Å². The maximum atomic E-state index is 11.3. The fourth-order valence-corrected chi connectivity index (χ4v) is 2.00. The molecule has 158 valence electrons. The number of amides is 6. The molecule has 2 aliphatic heterocycles. The summed E-state index contributed by atoms with van der Waals surface area (Å²) in [7, 11) is 0. The molecule has 29 heavy (non-hydrogen) atoms. The Bertz CT molecular complexity index is 728. The Morgan fingerprint density at radius 3 is 1.86 bits per heavy atom. The number of hydrogen-bond acceptors (Lipinski definition) is 8. The smallest absolute Gasteiger partial charge is 0.424 e. The minimum absolute atomic E-state index is 0.135. The van der Waals surface area contributed by atoms with Crippen LogP contribution in [0, 0.1) is 0 Å². The van der Waals surface area contributed by atoms with E-state index in [0.29, 0.717) is 4.90 Å². The van der Waals surface area contributed by atoms with Crippen molar-refractivity contribution in [3.63, 3.8) is 0 Å². The number of carbonyl (C=O) groups excluding carboxylic acids is 6. The highest BCUT2D eigenvalue weighted by atomic mass is 16.6. The van der Waals surface area contributed by atoms with Gasteiger partial charge < -0.3 is 14.8 Å². The zero-order chi connectivity index (χ0) is 22.2. The summed E-state index contributed by atoms with van der Waals surface area (Å²) in [6, 6.07) is 0. The molecule has 11 nitrogen and oxygen atoms in total. The summed E-state index contributed by atoms with van der Waals surface area (Å²) in [5.74, 6) is -2.03. The summed E-state index contributed by atoms with van der Waals surface area (Å²) < 4.78 is 9.47. The maximum Gasteiger partial charge on any atom is 0.424 e. The van der Waals surface area contributed by atoms with Crippen molar-refractivity contribution in [2.45, 2.75) is 33.3 Å². The molecule has 2 rings (SSSR count). The van der Waals surface area contributed by atoms with E-state index in [1.807, 2.05) is 0 Å². The van der Waals surface area contributed by atoms with E-state index in [-0.39, 0.29) is 31.5 Å². The van der Waals surface area contributed by atoms with Gasteiger partial charge in [-0.25, -0.2) is 9.59 Å². The third-order valence-electron chi connectivity index (χ3n) is 3.16. The van der Waals surface area contributed by atoms with E-state index in [4.69, 9.17) is 4.74 Å². The van der Waals surface area contributed by atoms with Crippen LogP contribution in [-0.4, -0.2) is 70.9 Å². The first-order valence-electron chi connectivity index (χ1n) is 8.69. The number of alkyl carbamates (subject to hydrolysis) is 1. The molecule has 2 heterocycles. The highest BCUT2D eigenvalue weighted by Gasteiger charge is 2.31.